The number of nitrogens with two attached hydrogens (primary N) is 1. The Labute approximate surface area is 169 Å². The zero-order valence-electron chi connectivity index (χ0n) is 16.5. The number of carbonyl (C=O) groups excluding carboxylic acids is 2. The van der Waals surface area contributed by atoms with Crippen molar-refractivity contribution < 1.29 is 14.1 Å². The molecule has 2 aromatic heterocycles. The first-order valence-corrected chi connectivity index (χ1v) is 10.1. The van der Waals surface area contributed by atoms with Gasteiger partial charge in [-0.2, -0.15) is 4.98 Å². The van der Waals surface area contributed by atoms with Crippen LogP contribution >= 0.6 is 0 Å². The lowest BCUT2D eigenvalue weighted by Gasteiger charge is -2.25. The number of hydrogen-bond donors (Lipinski definition) is 1. The lowest BCUT2D eigenvalue weighted by atomic mass is 10.1. The molecule has 0 spiro atoms. The topological polar surface area (TPSA) is 118 Å². The molecule has 2 fully saturated rings. The van der Waals surface area contributed by atoms with Crippen LogP contribution in [-0.4, -0.2) is 62.4 Å². The Morgan fingerprint density at radius 1 is 1.41 bits per heavy atom. The van der Waals surface area contributed by atoms with E-state index in [0.29, 0.717) is 49.4 Å². The summed E-state index contributed by atoms with van der Waals surface area (Å²) in [7, 11) is 0. The fourth-order valence-electron chi connectivity index (χ4n) is 4.13. The van der Waals surface area contributed by atoms with Crippen LogP contribution in [-0.2, 0) is 9.59 Å². The van der Waals surface area contributed by atoms with Crippen LogP contribution in [0, 0.1) is 5.92 Å². The molecule has 2 aliphatic heterocycles. The van der Waals surface area contributed by atoms with Crippen molar-refractivity contribution in [1.82, 2.24) is 24.9 Å². The number of hydrogen-bond acceptors (Lipinski definition) is 7. The zero-order chi connectivity index (χ0) is 20.4. The lowest BCUT2D eigenvalue weighted by Crippen LogP contribution is -2.42. The zero-order valence-corrected chi connectivity index (χ0v) is 16.5. The monoisotopic (exact) mass is 398 g/mol. The van der Waals surface area contributed by atoms with Crippen LogP contribution < -0.4 is 5.73 Å². The minimum absolute atomic E-state index is 0.0442. The third-order valence-corrected chi connectivity index (χ3v) is 5.49. The molecule has 2 aliphatic rings. The maximum Gasteiger partial charge on any atom is 0.249 e. The average molecular weight is 398 g/mol. The SMILES string of the molecule is C[C@@H]1CC(=O)N(C[C@@H](N)CC(=O)N2CCC[C@H]2c2nc(-c3ccccn3)no2)C1. The van der Waals surface area contributed by atoms with E-state index < -0.39 is 0 Å². The van der Waals surface area contributed by atoms with Gasteiger partial charge < -0.3 is 20.1 Å². The van der Waals surface area contributed by atoms with Gasteiger partial charge in [0.15, 0.2) is 0 Å². The Kier molecular flexibility index (Phi) is 5.57. The van der Waals surface area contributed by atoms with Gasteiger partial charge in [0.2, 0.25) is 23.5 Å². The van der Waals surface area contributed by atoms with Crippen molar-refractivity contribution >= 4 is 11.8 Å². The van der Waals surface area contributed by atoms with Crippen molar-refractivity contribution in [2.45, 2.75) is 44.7 Å². The summed E-state index contributed by atoms with van der Waals surface area (Å²) >= 11 is 0. The summed E-state index contributed by atoms with van der Waals surface area (Å²) in [6.45, 7) is 3.81. The van der Waals surface area contributed by atoms with Crippen molar-refractivity contribution in [2.24, 2.45) is 11.7 Å². The number of nitrogens with zero attached hydrogens (tertiary/aromatic N) is 5. The number of aromatic nitrogens is 3. The highest BCUT2D eigenvalue weighted by Crippen LogP contribution is 2.32. The molecule has 29 heavy (non-hydrogen) atoms. The largest absolute Gasteiger partial charge is 0.341 e. The summed E-state index contributed by atoms with van der Waals surface area (Å²) in [4.78, 5) is 37.1. The molecule has 0 aromatic carbocycles. The maximum absolute atomic E-state index is 12.9. The lowest BCUT2D eigenvalue weighted by molar-refractivity contribution is -0.134. The Hall–Kier alpha value is -2.81. The highest BCUT2D eigenvalue weighted by atomic mass is 16.5. The second-order valence-corrected chi connectivity index (χ2v) is 7.99. The molecule has 2 saturated heterocycles. The number of carbonyl (C=O) groups is 2. The summed E-state index contributed by atoms with van der Waals surface area (Å²) in [6.07, 6.45) is 4.06. The number of likely N-dealkylation sites (tertiary alicyclic amines) is 2. The molecule has 2 aromatic rings. The molecule has 0 radical (unpaired) electrons. The van der Waals surface area contributed by atoms with Gasteiger partial charge in [0.05, 0.1) is 0 Å². The molecular formula is C20H26N6O3. The number of rotatable bonds is 6. The first-order valence-electron chi connectivity index (χ1n) is 10.1. The maximum atomic E-state index is 12.9. The second-order valence-electron chi connectivity index (χ2n) is 7.99. The van der Waals surface area contributed by atoms with Crippen molar-refractivity contribution in [3.8, 4) is 11.5 Å². The molecule has 9 heteroatoms. The molecule has 2 amide bonds. The van der Waals surface area contributed by atoms with Crippen LogP contribution in [0.1, 0.15) is 44.5 Å². The second kappa shape index (κ2) is 8.28. The Bertz CT molecular complexity index is 870. The average Bonchev–Trinajstić information content (AvgIpc) is 3.42. The summed E-state index contributed by atoms with van der Waals surface area (Å²) in [5.41, 5.74) is 6.82. The number of pyridine rings is 1. The van der Waals surface area contributed by atoms with Gasteiger partial charge in [-0.15, -0.1) is 0 Å². The molecule has 4 heterocycles. The van der Waals surface area contributed by atoms with Gasteiger partial charge in [-0.1, -0.05) is 18.1 Å². The van der Waals surface area contributed by atoms with E-state index >= 15 is 0 Å². The van der Waals surface area contributed by atoms with Gasteiger partial charge in [0, 0.05) is 44.7 Å². The van der Waals surface area contributed by atoms with Crippen molar-refractivity contribution in [3.63, 3.8) is 0 Å². The van der Waals surface area contributed by atoms with Crippen LogP contribution in [0.2, 0.25) is 0 Å². The summed E-state index contributed by atoms with van der Waals surface area (Å²) in [5, 5.41) is 4.01. The van der Waals surface area contributed by atoms with Crippen LogP contribution in [0.15, 0.2) is 28.9 Å². The van der Waals surface area contributed by atoms with Gasteiger partial charge >= 0.3 is 0 Å². The quantitative estimate of drug-likeness (QED) is 0.781. The van der Waals surface area contributed by atoms with E-state index in [1.807, 2.05) is 25.1 Å². The molecule has 0 bridgehead atoms. The van der Waals surface area contributed by atoms with E-state index in [4.69, 9.17) is 10.3 Å². The van der Waals surface area contributed by atoms with E-state index in [2.05, 4.69) is 15.1 Å². The summed E-state index contributed by atoms with van der Waals surface area (Å²) in [5.74, 6) is 1.26. The Morgan fingerprint density at radius 2 is 2.28 bits per heavy atom. The van der Waals surface area contributed by atoms with Gasteiger partial charge in [-0.05, 0) is 30.9 Å². The fourth-order valence-corrected chi connectivity index (χ4v) is 4.13. The van der Waals surface area contributed by atoms with Crippen LogP contribution in [0.4, 0.5) is 0 Å². The fraction of sp³-hybridized carbons (Fsp3) is 0.550. The first kappa shape index (κ1) is 19.5. The van der Waals surface area contributed by atoms with Crippen LogP contribution in [0.5, 0.6) is 0 Å². The van der Waals surface area contributed by atoms with Gasteiger partial charge in [-0.25, -0.2) is 0 Å². The standard InChI is InChI=1S/C20H26N6O3/c1-13-9-17(27)25(11-13)12-14(21)10-18(28)26-8-4-6-16(26)20-23-19(24-29-20)15-5-2-3-7-22-15/h2-3,5,7,13-14,16H,4,6,8-12,21H2,1H3/t13-,14+,16+/m1/s1. The summed E-state index contributed by atoms with van der Waals surface area (Å²) in [6, 6.07) is 4.86. The molecule has 0 saturated carbocycles. The molecule has 154 valence electrons. The van der Waals surface area contributed by atoms with Gasteiger partial charge in [0.1, 0.15) is 11.7 Å². The highest BCUT2D eigenvalue weighted by Gasteiger charge is 2.35. The minimum Gasteiger partial charge on any atom is -0.341 e. The van der Waals surface area contributed by atoms with Crippen LogP contribution in [0.3, 0.4) is 0 Å². The molecule has 2 N–H and O–H groups in total. The third kappa shape index (κ3) is 4.29. The summed E-state index contributed by atoms with van der Waals surface area (Å²) < 4.78 is 5.44. The van der Waals surface area contributed by atoms with E-state index in [-0.39, 0.29) is 30.3 Å². The van der Waals surface area contributed by atoms with E-state index in [1.165, 1.54) is 0 Å². The molecule has 3 atom stereocenters. The predicted molar refractivity (Wildman–Crippen MR) is 104 cm³/mol. The third-order valence-electron chi connectivity index (χ3n) is 5.49. The normalized spacial score (nSPS) is 23.0. The van der Waals surface area contributed by atoms with Crippen LogP contribution in [0.25, 0.3) is 11.5 Å². The van der Waals surface area contributed by atoms with Gasteiger partial charge in [0.25, 0.3) is 0 Å². The van der Waals surface area contributed by atoms with E-state index in [1.54, 1.807) is 16.0 Å². The van der Waals surface area contributed by atoms with Crippen molar-refractivity contribution in [2.75, 3.05) is 19.6 Å². The molecular weight excluding hydrogens is 372 g/mol. The molecule has 0 aliphatic carbocycles. The van der Waals surface area contributed by atoms with Gasteiger partial charge in [-0.3, -0.25) is 14.6 Å². The first-order chi connectivity index (χ1) is 14.0. The minimum atomic E-state index is -0.384. The highest BCUT2D eigenvalue weighted by molar-refractivity contribution is 5.79. The molecule has 9 nitrogen and oxygen atoms in total. The van der Waals surface area contributed by atoms with Crippen molar-refractivity contribution in [3.05, 3.63) is 30.3 Å². The molecule has 0 unspecified atom stereocenters. The van der Waals surface area contributed by atoms with E-state index in [0.717, 1.165) is 12.8 Å². The van der Waals surface area contributed by atoms with E-state index in [9.17, 15) is 9.59 Å². The Balaban J connectivity index is 1.38. The Morgan fingerprint density at radius 3 is 3.00 bits per heavy atom. The smallest absolute Gasteiger partial charge is 0.249 e. The van der Waals surface area contributed by atoms with Crippen molar-refractivity contribution in [1.29, 1.82) is 0 Å². The number of amides is 2. The predicted octanol–water partition coefficient (Wildman–Crippen LogP) is 1.38. The molecule has 4 rings (SSSR count).